The Labute approximate surface area is 116 Å². The molecule has 1 atom stereocenters. The van der Waals surface area contributed by atoms with E-state index in [-0.39, 0.29) is 11.3 Å². The second-order valence-electron chi connectivity index (χ2n) is 4.07. The summed E-state index contributed by atoms with van der Waals surface area (Å²) in [6.45, 7) is 2.03. The Morgan fingerprint density at radius 3 is 2.80 bits per heavy atom. The molecule has 0 bridgehead atoms. The largest absolute Gasteiger partial charge is 0.449 e. The van der Waals surface area contributed by atoms with Gasteiger partial charge in [-0.25, -0.2) is 9.18 Å². The Kier molecular flexibility index (Phi) is 5.92. The van der Waals surface area contributed by atoms with Gasteiger partial charge in [-0.2, -0.15) is 0 Å². The smallest absolute Gasteiger partial charge is 0.341 e. The number of ether oxygens (including phenoxy) is 2. The maximum absolute atomic E-state index is 13.4. The fraction of sp³-hybridized carbons (Fsp3) is 0.385. The highest BCUT2D eigenvalue weighted by Crippen LogP contribution is 2.14. The number of hydrogen-bond acceptors (Lipinski definition) is 5. The molecule has 7 heteroatoms. The van der Waals surface area contributed by atoms with Crippen molar-refractivity contribution in [1.82, 2.24) is 5.32 Å². The number of carbonyl (C=O) groups is 2. The molecular weight excluding hydrogens is 267 g/mol. The number of carbonyl (C=O) groups excluding carboxylic acids is 2. The van der Waals surface area contributed by atoms with Crippen molar-refractivity contribution >= 4 is 17.6 Å². The van der Waals surface area contributed by atoms with Gasteiger partial charge in [-0.1, -0.05) is 0 Å². The van der Waals surface area contributed by atoms with Crippen LogP contribution in [0.1, 0.15) is 17.3 Å². The van der Waals surface area contributed by atoms with Crippen LogP contribution in [0.15, 0.2) is 18.2 Å². The van der Waals surface area contributed by atoms with E-state index in [0.29, 0.717) is 13.2 Å². The van der Waals surface area contributed by atoms with Crippen LogP contribution >= 0.6 is 0 Å². The zero-order valence-electron chi connectivity index (χ0n) is 11.3. The molecule has 3 N–H and O–H groups in total. The van der Waals surface area contributed by atoms with Crippen LogP contribution < -0.4 is 11.1 Å². The van der Waals surface area contributed by atoms with E-state index in [4.69, 9.17) is 15.2 Å². The highest BCUT2D eigenvalue weighted by Gasteiger charge is 2.20. The van der Waals surface area contributed by atoms with Gasteiger partial charge in [-0.3, -0.25) is 4.79 Å². The van der Waals surface area contributed by atoms with Crippen LogP contribution in [-0.2, 0) is 14.3 Å². The van der Waals surface area contributed by atoms with E-state index in [0.717, 1.165) is 12.1 Å². The Bertz CT molecular complexity index is 493. The summed E-state index contributed by atoms with van der Waals surface area (Å²) in [6, 6.07) is 3.55. The number of hydrogen-bond donors (Lipinski definition) is 2. The predicted molar refractivity (Wildman–Crippen MR) is 70.6 cm³/mol. The van der Waals surface area contributed by atoms with Gasteiger partial charge in [0.05, 0.1) is 12.2 Å². The van der Waals surface area contributed by atoms with Crippen molar-refractivity contribution in [1.29, 1.82) is 0 Å². The predicted octanol–water partition coefficient (Wildman–Crippen LogP) is 0.716. The van der Waals surface area contributed by atoms with Gasteiger partial charge in [0, 0.05) is 19.3 Å². The second kappa shape index (κ2) is 7.44. The Hall–Kier alpha value is -2.15. The van der Waals surface area contributed by atoms with Gasteiger partial charge in [0.1, 0.15) is 5.82 Å². The van der Waals surface area contributed by atoms with E-state index < -0.39 is 23.8 Å². The maximum atomic E-state index is 13.4. The average molecular weight is 284 g/mol. The molecule has 0 fully saturated rings. The van der Waals surface area contributed by atoms with E-state index >= 15 is 0 Å². The highest BCUT2D eigenvalue weighted by molar-refractivity contribution is 5.93. The molecule has 110 valence electrons. The average Bonchev–Trinajstić information content (AvgIpc) is 2.41. The van der Waals surface area contributed by atoms with Crippen LogP contribution in [0, 0.1) is 5.82 Å². The SMILES string of the molecule is COCCNC(=O)C(C)OC(=O)c1cc(N)ccc1F. The molecule has 0 saturated heterocycles. The molecule has 0 aromatic heterocycles. The first kappa shape index (κ1) is 15.9. The van der Waals surface area contributed by atoms with Crippen molar-refractivity contribution in [2.75, 3.05) is 26.0 Å². The Balaban J connectivity index is 2.61. The molecular formula is C13H17FN2O4. The van der Waals surface area contributed by atoms with E-state index in [1.807, 2.05) is 0 Å². The normalized spacial score (nSPS) is 11.8. The van der Waals surface area contributed by atoms with Crippen LogP contribution in [0.2, 0.25) is 0 Å². The third kappa shape index (κ3) is 4.51. The van der Waals surface area contributed by atoms with Crippen LogP contribution in [0.25, 0.3) is 0 Å². The van der Waals surface area contributed by atoms with E-state index in [2.05, 4.69) is 5.32 Å². The lowest BCUT2D eigenvalue weighted by atomic mass is 10.2. The molecule has 0 aliphatic carbocycles. The fourth-order valence-corrected chi connectivity index (χ4v) is 1.40. The lowest BCUT2D eigenvalue weighted by molar-refractivity contribution is -0.129. The van der Waals surface area contributed by atoms with Gasteiger partial charge in [0.25, 0.3) is 5.91 Å². The van der Waals surface area contributed by atoms with Crippen LogP contribution in [0.4, 0.5) is 10.1 Å². The van der Waals surface area contributed by atoms with Gasteiger partial charge < -0.3 is 20.5 Å². The Morgan fingerprint density at radius 2 is 2.15 bits per heavy atom. The number of nitrogens with one attached hydrogen (secondary N) is 1. The number of halogens is 1. The standard InChI is InChI=1S/C13H17FN2O4/c1-8(12(17)16-5-6-19-2)20-13(18)10-7-9(15)3-4-11(10)14/h3-4,7-8H,5-6,15H2,1-2H3,(H,16,17). The van der Waals surface area contributed by atoms with Crippen LogP contribution in [-0.4, -0.2) is 38.2 Å². The van der Waals surface area contributed by atoms with E-state index in [9.17, 15) is 14.0 Å². The molecule has 1 aromatic carbocycles. The van der Waals surface area contributed by atoms with Crippen molar-refractivity contribution in [3.8, 4) is 0 Å². The third-order valence-corrected chi connectivity index (χ3v) is 2.47. The minimum Gasteiger partial charge on any atom is -0.449 e. The monoisotopic (exact) mass is 284 g/mol. The molecule has 1 unspecified atom stereocenters. The van der Waals surface area contributed by atoms with E-state index in [1.54, 1.807) is 0 Å². The summed E-state index contributed by atoms with van der Waals surface area (Å²) in [4.78, 5) is 23.3. The van der Waals surface area contributed by atoms with Crippen molar-refractivity contribution in [3.05, 3.63) is 29.6 Å². The molecule has 0 aliphatic heterocycles. The lowest BCUT2D eigenvalue weighted by Gasteiger charge is -2.13. The summed E-state index contributed by atoms with van der Waals surface area (Å²) in [5, 5.41) is 2.51. The van der Waals surface area contributed by atoms with Crippen LogP contribution in [0.3, 0.4) is 0 Å². The summed E-state index contributed by atoms with van der Waals surface area (Å²) < 4.78 is 23.1. The molecule has 0 heterocycles. The summed E-state index contributed by atoms with van der Waals surface area (Å²) >= 11 is 0. The molecule has 0 aliphatic rings. The van der Waals surface area contributed by atoms with Crippen molar-refractivity contribution in [2.45, 2.75) is 13.0 Å². The van der Waals surface area contributed by atoms with Crippen molar-refractivity contribution in [2.24, 2.45) is 0 Å². The highest BCUT2D eigenvalue weighted by atomic mass is 19.1. The maximum Gasteiger partial charge on any atom is 0.341 e. The summed E-state index contributed by atoms with van der Waals surface area (Å²) in [5.41, 5.74) is 5.40. The number of anilines is 1. The first-order valence-corrected chi connectivity index (χ1v) is 5.98. The quantitative estimate of drug-likeness (QED) is 0.456. The number of amides is 1. The minimum absolute atomic E-state index is 0.232. The molecule has 1 aromatic rings. The van der Waals surface area contributed by atoms with E-state index in [1.165, 1.54) is 20.1 Å². The lowest BCUT2D eigenvalue weighted by Crippen LogP contribution is -2.37. The first-order chi connectivity index (χ1) is 9.45. The molecule has 0 saturated carbocycles. The topological polar surface area (TPSA) is 90.6 Å². The number of rotatable bonds is 6. The van der Waals surface area contributed by atoms with Gasteiger partial charge >= 0.3 is 5.97 Å². The molecule has 20 heavy (non-hydrogen) atoms. The van der Waals surface area contributed by atoms with Crippen molar-refractivity contribution in [3.63, 3.8) is 0 Å². The molecule has 1 amide bonds. The summed E-state index contributed by atoms with van der Waals surface area (Å²) in [7, 11) is 1.50. The second-order valence-corrected chi connectivity index (χ2v) is 4.07. The van der Waals surface area contributed by atoms with Crippen LogP contribution in [0.5, 0.6) is 0 Å². The number of nitrogen functional groups attached to an aromatic ring is 1. The molecule has 0 radical (unpaired) electrons. The number of nitrogens with two attached hydrogens (primary N) is 1. The summed E-state index contributed by atoms with van der Waals surface area (Å²) in [6.07, 6.45) is -1.04. The molecule has 6 nitrogen and oxygen atoms in total. The minimum atomic E-state index is -1.04. The van der Waals surface area contributed by atoms with Gasteiger partial charge in [-0.05, 0) is 25.1 Å². The van der Waals surface area contributed by atoms with Crippen molar-refractivity contribution < 1.29 is 23.5 Å². The first-order valence-electron chi connectivity index (χ1n) is 5.98. The summed E-state index contributed by atoms with van der Waals surface area (Å²) in [5.74, 6) is -2.18. The van der Waals surface area contributed by atoms with Gasteiger partial charge in [0.15, 0.2) is 6.10 Å². The number of esters is 1. The number of methoxy groups -OCH3 is 1. The zero-order valence-corrected chi connectivity index (χ0v) is 11.3. The Morgan fingerprint density at radius 1 is 1.45 bits per heavy atom. The third-order valence-electron chi connectivity index (χ3n) is 2.47. The van der Waals surface area contributed by atoms with Gasteiger partial charge in [0.2, 0.25) is 0 Å². The number of benzene rings is 1. The van der Waals surface area contributed by atoms with Gasteiger partial charge in [-0.15, -0.1) is 0 Å². The molecule has 0 spiro atoms. The fourth-order valence-electron chi connectivity index (χ4n) is 1.40. The molecule has 1 rings (SSSR count). The zero-order chi connectivity index (χ0) is 15.1.